The predicted molar refractivity (Wildman–Crippen MR) is 134 cm³/mol. The molecule has 41 heavy (non-hydrogen) atoms. The number of benzene rings is 2. The van der Waals surface area contributed by atoms with Crippen molar-refractivity contribution in [1.82, 2.24) is 15.3 Å². The monoisotopic (exact) mass is 580 g/mol. The molecule has 0 radical (unpaired) electrons. The lowest BCUT2D eigenvalue weighted by Gasteiger charge is -2.31. The van der Waals surface area contributed by atoms with Gasteiger partial charge in [-0.2, -0.15) is 22.0 Å². The third-order valence-electron chi connectivity index (χ3n) is 6.72. The molecule has 4 aromatic rings. The number of pyridine rings is 1. The van der Waals surface area contributed by atoms with Gasteiger partial charge in [0, 0.05) is 28.3 Å². The van der Waals surface area contributed by atoms with Crippen molar-refractivity contribution in [2.75, 3.05) is 13.2 Å². The van der Waals surface area contributed by atoms with Gasteiger partial charge in [0.25, 0.3) is 5.91 Å². The van der Waals surface area contributed by atoms with Crippen molar-refractivity contribution in [3.63, 3.8) is 0 Å². The standard InChI is InChI=1S/C27H22F6N4O4/c1-25(34)12-40-22-17(25)10-19(37-21(22)13-2-4-16(28)5-3-13)26(39,27(31,32)33)11-36-23(38)15-8-14-6-7-35-20(14)18(9-15)41-24(29)30/h2-10,24,35,39H,11-12,34H2,1H3,(H,36,38)/t25-,26-/m1/s1. The van der Waals surface area contributed by atoms with E-state index in [-0.39, 0.29) is 45.6 Å². The van der Waals surface area contributed by atoms with Gasteiger partial charge in [-0.05, 0) is 55.5 Å². The molecular formula is C27H22F6N4O4. The quantitative estimate of drug-likeness (QED) is 0.235. The molecule has 0 saturated heterocycles. The Labute approximate surface area is 228 Å². The molecule has 2 atom stereocenters. The van der Waals surface area contributed by atoms with Crippen molar-refractivity contribution in [2.45, 2.75) is 30.9 Å². The van der Waals surface area contributed by atoms with Gasteiger partial charge < -0.3 is 30.6 Å². The Morgan fingerprint density at radius 2 is 1.93 bits per heavy atom. The second-order valence-electron chi connectivity index (χ2n) is 9.78. The van der Waals surface area contributed by atoms with E-state index in [0.717, 1.165) is 24.3 Å². The fraction of sp³-hybridized carbons (Fsp3) is 0.259. The van der Waals surface area contributed by atoms with E-state index < -0.39 is 53.6 Å². The van der Waals surface area contributed by atoms with Crippen LogP contribution in [0.3, 0.4) is 0 Å². The normalized spacial score (nSPS) is 18.2. The summed E-state index contributed by atoms with van der Waals surface area (Å²) in [6.45, 7) is -3.22. The maximum atomic E-state index is 14.5. The number of carbonyl (C=O) groups is 1. The van der Waals surface area contributed by atoms with Gasteiger partial charge in [0.2, 0.25) is 5.60 Å². The average Bonchev–Trinajstić information content (AvgIpc) is 3.50. The third kappa shape index (κ3) is 5.15. The van der Waals surface area contributed by atoms with E-state index in [1.807, 2.05) is 5.32 Å². The summed E-state index contributed by atoms with van der Waals surface area (Å²) in [7, 11) is 0. The van der Waals surface area contributed by atoms with Gasteiger partial charge in [0.15, 0.2) is 11.5 Å². The molecule has 0 unspecified atom stereocenters. The second kappa shape index (κ2) is 9.96. The number of aliphatic hydroxyl groups is 1. The van der Waals surface area contributed by atoms with Crippen LogP contribution >= 0.6 is 0 Å². The first-order chi connectivity index (χ1) is 19.2. The highest BCUT2D eigenvalue weighted by Gasteiger charge is 2.57. The Balaban J connectivity index is 1.54. The number of rotatable bonds is 7. The van der Waals surface area contributed by atoms with Crippen molar-refractivity contribution in [3.05, 3.63) is 77.4 Å². The molecule has 5 N–H and O–H groups in total. The summed E-state index contributed by atoms with van der Waals surface area (Å²) in [6, 6.07) is 9.31. The number of ether oxygens (including phenoxy) is 2. The molecule has 0 aliphatic carbocycles. The number of alkyl halides is 5. The van der Waals surface area contributed by atoms with E-state index in [9.17, 15) is 36.2 Å². The largest absolute Gasteiger partial charge is 0.489 e. The maximum absolute atomic E-state index is 14.5. The molecule has 14 heteroatoms. The predicted octanol–water partition coefficient (Wildman–Crippen LogP) is 4.72. The molecule has 0 spiro atoms. The van der Waals surface area contributed by atoms with E-state index in [1.165, 1.54) is 37.4 Å². The first kappa shape index (κ1) is 28.2. The number of hydrogen-bond donors (Lipinski definition) is 4. The lowest BCUT2D eigenvalue weighted by Crippen LogP contribution is -2.51. The smallest absolute Gasteiger partial charge is 0.424 e. The van der Waals surface area contributed by atoms with Gasteiger partial charge >= 0.3 is 12.8 Å². The van der Waals surface area contributed by atoms with Gasteiger partial charge in [-0.15, -0.1) is 0 Å². The summed E-state index contributed by atoms with van der Waals surface area (Å²) in [6.07, 6.45) is -3.96. The summed E-state index contributed by atoms with van der Waals surface area (Å²) >= 11 is 0. The minimum absolute atomic E-state index is 0.0743. The van der Waals surface area contributed by atoms with Crippen molar-refractivity contribution in [3.8, 4) is 22.8 Å². The number of nitrogens with zero attached hydrogens (tertiary/aromatic N) is 1. The molecule has 0 saturated carbocycles. The van der Waals surface area contributed by atoms with Crippen molar-refractivity contribution in [1.29, 1.82) is 0 Å². The first-order valence-corrected chi connectivity index (χ1v) is 12.1. The van der Waals surface area contributed by atoms with Crippen LogP contribution in [-0.4, -0.2) is 46.9 Å². The fourth-order valence-corrected chi connectivity index (χ4v) is 4.52. The van der Waals surface area contributed by atoms with Gasteiger partial charge in [-0.25, -0.2) is 9.37 Å². The molecule has 3 heterocycles. The van der Waals surface area contributed by atoms with E-state index in [4.69, 9.17) is 10.5 Å². The Morgan fingerprint density at radius 3 is 2.59 bits per heavy atom. The van der Waals surface area contributed by atoms with Crippen LogP contribution in [0.4, 0.5) is 26.3 Å². The number of nitrogens with one attached hydrogen (secondary N) is 2. The molecule has 2 aromatic heterocycles. The fourth-order valence-electron chi connectivity index (χ4n) is 4.52. The van der Waals surface area contributed by atoms with Crippen LogP contribution in [0.25, 0.3) is 22.2 Å². The van der Waals surface area contributed by atoms with Crippen LogP contribution < -0.4 is 20.5 Å². The number of amides is 1. The Morgan fingerprint density at radius 1 is 1.22 bits per heavy atom. The zero-order chi connectivity index (χ0) is 29.7. The number of halogens is 6. The lowest BCUT2D eigenvalue weighted by molar-refractivity contribution is -0.265. The van der Waals surface area contributed by atoms with Crippen LogP contribution in [0.15, 0.2) is 54.7 Å². The molecule has 216 valence electrons. The third-order valence-corrected chi connectivity index (χ3v) is 6.72. The van der Waals surface area contributed by atoms with Crippen LogP contribution in [0, 0.1) is 5.82 Å². The Hall–Kier alpha value is -4.30. The van der Waals surface area contributed by atoms with E-state index >= 15 is 0 Å². The molecule has 2 aromatic carbocycles. The Bertz CT molecular complexity index is 1620. The van der Waals surface area contributed by atoms with Gasteiger partial charge in [0.05, 0.1) is 23.3 Å². The number of hydrogen-bond acceptors (Lipinski definition) is 6. The SMILES string of the molecule is C[C@@]1(N)COc2c1cc([C@](O)(CNC(=O)c1cc(OC(F)F)c3[nH]ccc3c1)C(F)(F)F)nc2-c1ccc(F)cc1. The minimum Gasteiger partial charge on any atom is -0.489 e. The van der Waals surface area contributed by atoms with Crippen LogP contribution in [0.2, 0.25) is 0 Å². The van der Waals surface area contributed by atoms with Gasteiger partial charge in [-0.3, -0.25) is 4.79 Å². The van der Waals surface area contributed by atoms with Gasteiger partial charge in [0.1, 0.15) is 18.1 Å². The van der Waals surface area contributed by atoms with Crippen LogP contribution in [0.5, 0.6) is 11.5 Å². The Kier molecular flexibility index (Phi) is 6.86. The first-order valence-electron chi connectivity index (χ1n) is 12.1. The zero-order valence-corrected chi connectivity index (χ0v) is 21.2. The summed E-state index contributed by atoms with van der Waals surface area (Å²) in [5.41, 5.74) is 0.411. The number of H-pyrrole nitrogens is 1. The number of aromatic amines is 1. The molecular weight excluding hydrogens is 558 g/mol. The summed E-state index contributed by atoms with van der Waals surface area (Å²) < 4.78 is 92.9. The molecule has 5 rings (SSSR count). The second-order valence-corrected chi connectivity index (χ2v) is 9.78. The van der Waals surface area contributed by atoms with E-state index in [0.29, 0.717) is 0 Å². The van der Waals surface area contributed by atoms with Crippen molar-refractivity contribution >= 4 is 16.8 Å². The van der Waals surface area contributed by atoms with Crippen LogP contribution in [0.1, 0.15) is 28.5 Å². The number of aromatic nitrogens is 2. The highest BCUT2D eigenvalue weighted by molar-refractivity contribution is 6.00. The summed E-state index contributed by atoms with van der Waals surface area (Å²) in [5, 5.41) is 13.4. The summed E-state index contributed by atoms with van der Waals surface area (Å²) in [4.78, 5) is 19.7. The number of carbonyl (C=O) groups excluding carboxylic acids is 1. The highest BCUT2D eigenvalue weighted by atomic mass is 19.4. The molecule has 0 fully saturated rings. The number of nitrogens with two attached hydrogens (primary N) is 1. The van der Waals surface area contributed by atoms with Crippen molar-refractivity contribution in [2.24, 2.45) is 5.73 Å². The molecule has 1 aliphatic rings. The molecule has 0 bridgehead atoms. The van der Waals surface area contributed by atoms with Crippen molar-refractivity contribution < 1.29 is 45.7 Å². The maximum Gasteiger partial charge on any atom is 0.424 e. The van der Waals surface area contributed by atoms with E-state index in [2.05, 4.69) is 14.7 Å². The average molecular weight is 580 g/mol. The zero-order valence-electron chi connectivity index (χ0n) is 21.2. The summed E-state index contributed by atoms with van der Waals surface area (Å²) in [5.74, 6) is -2.03. The van der Waals surface area contributed by atoms with E-state index in [1.54, 1.807) is 0 Å². The molecule has 8 nitrogen and oxygen atoms in total. The number of fused-ring (bicyclic) bond motifs is 2. The molecule has 1 amide bonds. The minimum atomic E-state index is -5.36. The van der Waals surface area contributed by atoms with Gasteiger partial charge in [-0.1, -0.05) is 0 Å². The van der Waals surface area contributed by atoms with Crippen LogP contribution in [-0.2, 0) is 11.1 Å². The topological polar surface area (TPSA) is 122 Å². The lowest BCUT2D eigenvalue weighted by atomic mass is 9.89. The highest BCUT2D eigenvalue weighted by Crippen LogP contribution is 2.46. The molecule has 1 aliphatic heterocycles.